The van der Waals surface area contributed by atoms with Crippen LogP contribution < -0.4 is 5.43 Å². The van der Waals surface area contributed by atoms with Crippen LogP contribution in [0.25, 0.3) is 0 Å². The van der Waals surface area contributed by atoms with Crippen LogP contribution in [0.15, 0.2) is 30.3 Å². The highest BCUT2D eigenvalue weighted by Crippen LogP contribution is 2.08. The van der Waals surface area contributed by atoms with Gasteiger partial charge in [-0.1, -0.05) is 23.4 Å². The van der Waals surface area contributed by atoms with Gasteiger partial charge in [-0.15, -0.1) is 0 Å². The van der Waals surface area contributed by atoms with E-state index in [-0.39, 0.29) is 0 Å². The van der Waals surface area contributed by atoms with Gasteiger partial charge in [0.2, 0.25) is 0 Å². The maximum absolute atomic E-state index is 5.18. The molecule has 1 aromatic carbocycles. The zero-order chi connectivity index (χ0) is 8.93. The molecule has 0 spiro atoms. The third kappa shape index (κ3) is 2.42. The number of rotatable bonds is 2. The Morgan fingerprint density at radius 3 is 2.77 bits per heavy atom. The minimum absolute atomic E-state index is 0.319. The smallest absolute Gasteiger partial charge is 0.169 e. The topological polar surface area (TPSA) is 33.7 Å². The first-order valence-corrected chi connectivity index (χ1v) is 4.25. The second-order valence-electron chi connectivity index (χ2n) is 2.74. The van der Waals surface area contributed by atoms with E-state index in [2.05, 4.69) is 5.43 Å². The van der Waals surface area contributed by atoms with Crippen LogP contribution in [-0.4, -0.2) is 25.1 Å². The molecule has 70 valence electrons. The van der Waals surface area contributed by atoms with Crippen molar-refractivity contribution in [1.82, 2.24) is 5.17 Å². The summed E-state index contributed by atoms with van der Waals surface area (Å²) in [5.74, 6) is 0. The Bertz CT molecular complexity index is 247. The largest absolute Gasteiger partial charge is 0.352 e. The standard InChI is InChI=1S/C9H12N2O2/c1-2-4-9(5-3-1)10-11-6-7-12-8-13-11/h1-5,10H,6-8H2. The summed E-state index contributed by atoms with van der Waals surface area (Å²) in [6, 6.07) is 9.90. The molecule has 1 saturated heterocycles. The van der Waals surface area contributed by atoms with Crippen molar-refractivity contribution < 1.29 is 9.57 Å². The van der Waals surface area contributed by atoms with E-state index in [4.69, 9.17) is 9.57 Å². The van der Waals surface area contributed by atoms with E-state index < -0.39 is 0 Å². The molecule has 0 aliphatic carbocycles. The molecule has 13 heavy (non-hydrogen) atoms. The Balaban J connectivity index is 1.90. The Hall–Kier alpha value is -1.10. The molecular formula is C9H12N2O2. The van der Waals surface area contributed by atoms with E-state index in [1.54, 1.807) is 5.17 Å². The summed E-state index contributed by atoms with van der Waals surface area (Å²) >= 11 is 0. The van der Waals surface area contributed by atoms with Crippen molar-refractivity contribution >= 4 is 5.69 Å². The zero-order valence-electron chi connectivity index (χ0n) is 7.27. The zero-order valence-corrected chi connectivity index (χ0v) is 7.27. The number of benzene rings is 1. The van der Waals surface area contributed by atoms with Gasteiger partial charge >= 0.3 is 0 Å². The number of hydrazine groups is 1. The van der Waals surface area contributed by atoms with Gasteiger partial charge in [0, 0.05) is 0 Å². The van der Waals surface area contributed by atoms with Crippen LogP contribution >= 0.6 is 0 Å². The Labute approximate surface area is 77.0 Å². The molecule has 2 rings (SSSR count). The molecule has 1 heterocycles. The lowest BCUT2D eigenvalue weighted by Crippen LogP contribution is -2.38. The van der Waals surface area contributed by atoms with Crippen LogP contribution in [0.4, 0.5) is 5.69 Å². The highest BCUT2D eigenvalue weighted by Gasteiger charge is 2.09. The maximum atomic E-state index is 5.18. The lowest BCUT2D eigenvalue weighted by molar-refractivity contribution is -0.254. The summed E-state index contributed by atoms with van der Waals surface area (Å²) in [5.41, 5.74) is 4.13. The summed E-state index contributed by atoms with van der Waals surface area (Å²) in [6.45, 7) is 1.74. The Morgan fingerprint density at radius 1 is 1.23 bits per heavy atom. The van der Waals surface area contributed by atoms with Crippen molar-refractivity contribution in [3.63, 3.8) is 0 Å². The average molecular weight is 180 g/mol. The van der Waals surface area contributed by atoms with E-state index in [0.29, 0.717) is 13.4 Å². The number of ether oxygens (including phenoxy) is 1. The lowest BCUT2D eigenvalue weighted by Gasteiger charge is -2.26. The van der Waals surface area contributed by atoms with E-state index >= 15 is 0 Å². The van der Waals surface area contributed by atoms with Gasteiger partial charge in [-0.2, -0.15) is 0 Å². The highest BCUT2D eigenvalue weighted by molar-refractivity contribution is 5.40. The van der Waals surface area contributed by atoms with Gasteiger partial charge in [0.05, 0.1) is 18.8 Å². The number of para-hydroxylation sites is 1. The molecule has 1 N–H and O–H groups in total. The molecule has 1 aromatic rings. The highest BCUT2D eigenvalue weighted by atomic mass is 16.8. The first-order chi connectivity index (χ1) is 6.45. The molecule has 0 aromatic heterocycles. The van der Waals surface area contributed by atoms with Gasteiger partial charge in [-0.3, -0.25) is 10.3 Å². The fourth-order valence-electron chi connectivity index (χ4n) is 1.12. The lowest BCUT2D eigenvalue weighted by atomic mass is 10.3. The summed E-state index contributed by atoms with van der Waals surface area (Å²) in [5, 5.41) is 1.68. The molecule has 0 unspecified atom stereocenters. The predicted octanol–water partition coefficient (Wildman–Crippen LogP) is 1.23. The Kier molecular flexibility index (Phi) is 2.76. The summed E-state index contributed by atoms with van der Waals surface area (Å²) in [4.78, 5) is 5.18. The van der Waals surface area contributed by atoms with Crippen LogP contribution in [-0.2, 0) is 9.57 Å². The van der Waals surface area contributed by atoms with E-state index in [1.807, 2.05) is 30.3 Å². The second-order valence-corrected chi connectivity index (χ2v) is 2.74. The Morgan fingerprint density at radius 2 is 2.08 bits per heavy atom. The molecule has 1 aliphatic rings. The fraction of sp³-hybridized carbons (Fsp3) is 0.333. The molecule has 4 heteroatoms. The number of nitrogens with zero attached hydrogens (tertiary/aromatic N) is 1. The SMILES string of the molecule is c1ccc(NN2CCOCO2)cc1. The van der Waals surface area contributed by atoms with Crippen LogP contribution in [0.3, 0.4) is 0 Å². The number of nitrogens with one attached hydrogen (secondary N) is 1. The summed E-state index contributed by atoms with van der Waals surface area (Å²) in [6.07, 6.45) is 0. The maximum Gasteiger partial charge on any atom is 0.169 e. The monoisotopic (exact) mass is 180 g/mol. The molecule has 0 radical (unpaired) electrons. The first-order valence-electron chi connectivity index (χ1n) is 4.25. The predicted molar refractivity (Wildman–Crippen MR) is 48.7 cm³/mol. The summed E-state index contributed by atoms with van der Waals surface area (Å²) in [7, 11) is 0. The molecule has 0 bridgehead atoms. The molecule has 1 aliphatic heterocycles. The molecule has 0 saturated carbocycles. The molecular weight excluding hydrogens is 168 g/mol. The van der Waals surface area contributed by atoms with Gasteiger partial charge in [-0.05, 0) is 12.1 Å². The van der Waals surface area contributed by atoms with Gasteiger partial charge in [0.15, 0.2) is 6.79 Å². The quantitative estimate of drug-likeness (QED) is 0.742. The molecule has 0 amide bonds. The van der Waals surface area contributed by atoms with Crippen molar-refractivity contribution in [2.75, 3.05) is 25.4 Å². The molecule has 4 nitrogen and oxygen atoms in total. The number of anilines is 1. The minimum Gasteiger partial charge on any atom is -0.352 e. The van der Waals surface area contributed by atoms with Gasteiger partial charge in [-0.25, -0.2) is 0 Å². The van der Waals surface area contributed by atoms with Crippen molar-refractivity contribution in [2.45, 2.75) is 0 Å². The van der Waals surface area contributed by atoms with Crippen molar-refractivity contribution in [1.29, 1.82) is 0 Å². The van der Waals surface area contributed by atoms with Crippen molar-refractivity contribution in [3.05, 3.63) is 30.3 Å². The fourth-order valence-corrected chi connectivity index (χ4v) is 1.12. The number of hydrogen-bond acceptors (Lipinski definition) is 4. The van der Waals surface area contributed by atoms with Crippen molar-refractivity contribution in [3.8, 4) is 0 Å². The van der Waals surface area contributed by atoms with E-state index in [1.165, 1.54) is 0 Å². The van der Waals surface area contributed by atoms with E-state index in [9.17, 15) is 0 Å². The van der Waals surface area contributed by atoms with Gasteiger partial charge < -0.3 is 4.74 Å². The van der Waals surface area contributed by atoms with Crippen molar-refractivity contribution in [2.24, 2.45) is 0 Å². The van der Waals surface area contributed by atoms with Gasteiger partial charge in [0.25, 0.3) is 0 Å². The summed E-state index contributed by atoms with van der Waals surface area (Å²) < 4.78 is 5.03. The normalized spacial score (nSPS) is 18.5. The number of hydrogen-bond donors (Lipinski definition) is 1. The second kappa shape index (κ2) is 4.23. The number of hydroxylamine groups is 1. The third-order valence-corrected chi connectivity index (χ3v) is 1.76. The van der Waals surface area contributed by atoms with Gasteiger partial charge in [0.1, 0.15) is 0 Å². The first kappa shape index (κ1) is 8.50. The van der Waals surface area contributed by atoms with Crippen LogP contribution in [0.5, 0.6) is 0 Å². The minimum atomic E-state index is 0.319. The molecule has 1 fully saturated rings. The van der Waals surface area contributed by atoms with E-state index in [0.717, 1.165) is 12.2 Å². The molecule has 0 atom stereocenters. The average Bonchev–Trinajstić information content (AvgIpc) is 2.21. The van der Waals surface area contributed by atoms with Crippen LogP contribution in [0.1, 0.15) is 0 Å². The third-order valence-electron chi connectivity index (χ3n) is 1.76. The van der Waals surface area contributed by atoms with Crippen LogP contribution in [0, 0.1) is 0 Å². The van der Waals surface area contributed by atoms with Crippen LogP contribution in [0.2, 0.25) is 0 Å².